The lowest BCUT2D eigenvalue weighted by Crippen LogP contribution is -2.61. The molecular weight excluding hydrogens is 308 g/mol. The summed E-state index contributed by atoms with van der Waals surface area (Å²) in [6.45, 7) is 2.35. The van der Waals surface area contributed by atoms with E-state index in [1.54, 1.807) is 6.92 Å². The lowest BCUT2D eigenvalue weighted by Gasteiger charge is -2.44. The Hall–Kier alpha value is -1.09. The third-order valence-electron chi connectivity index (χ3n) is 4.60. The Balaban J connectivity index is 1.76. The van der Waals surface area contributed by atoms with Crippen molar-refractivity contribution < 1.29 is 24.9 Å². The summed E-state index contributed by atoms with van der Waals surface area (Å²) in [6.07, 6.45) is 0.504. The molecule has 0 radical (unpaired) electrons. The maximum atomic E-state index is 12.1. The van der Waals surface area contributed by atoms with Gasteiger partial charge in [0.05, 0.1) is 24.7 Å². The van der Waals surface area contributed by atoms with Gasteiger partial charge in [-0.2, -0.15) is 0 Å². The van der Waals surface area contributed by atoms with Crippen LogP contribution in [0.25, 0.3) is 0 Å². The van der Waals surface area contributed by atoms with Crippen LogP contribution in [0.3, 0.4) is 0 Å². The fourth-order valence-electron chi connectivity index (χ4n) is 3.55. The Morgan fingerprint density at radius 2 is 2.27 bits per heavy atom. The first-order valence-corrected chi connectivity index (χ1v) is 8.30. The highest BCUT2D eigenvalue weighted by molar-refractivity contribution is 8.03. The summed E-state index contributed by atoms with van der Waals surface area (Å²) in [5.41, 5.74) is 0.0735. The summed E-state index contributed by atoms with van der Waals surface area (Å²) in [5, 5.41) is 31.7. The van der Waals surface area contributed by atoms with Crippen LogP contribution in [0.1, 0.15) is 19.8 Å². The zero-order valence-corrected chi connectivity index (χ0v) is 13.0. The van der Waals surface area contributed by atoms with Gasteiger partial charge in [-0.1, -0.05) is 0 Å². The molecule has 7 nitrogen and oxygen atoms in total. The first kappa shape index (κ1) is 15.8. The predicted molar refractivity (Wildman–Crippen MR) is 80.0 cm³/mol. The lowest BCUT2D eigenvalue weighted by molar-refractivity contribution is -0.161. The van der Waals surface area contributed by atoms with Gasteiger partial charge in [0.15, 0.2) is 0 Å². The molecule has 2 fully saturated rings. The zero-order chi connectivity index (χ0) is 16.0. The van der Waals surface area contributed by atoms with Gasteiger partial charge in [-0.25, -0.2) is 4.79 Å². The molecule has 22 heavy (non-hydrogen) atoms. The molecule has 0 bridgehead atoms. The average Bonchev–Trinajstić information content (AvgIpc) is 3.01. The Kier molecular flexibility index (Phi) is 4.19. The van der Waals surface area contributed by atoms with Gasteiger partial charge in [0.1, 0.15) is 5.70 Å². The van der Waals surface area contributed by atoms with Gasteiger partial charge in [0.2, 0.25) is 5.91 Å². The fraction of sp³-hybridized carbons (Fsp3) is 0.714. The van der Waals surface area contributed by atoms with E-state index in [9.17, 15) is 19.8 Å². The van der Waals surface area contributed by atoms with Gasteiger partial charge in [0, 0.05) is 29.2 Å². The van der Waals surface area contributed by atoms with E-state index in [1.807, 2.05) is 0 Å². The number of carboxylic acid groups (broad SMARTS) is 1. The van der Waals surface area contributed by atoms with E-state index in [-0.39, 0.29) is 35.5 Å². The monoisotopic (exact) mass is 328 g/mol. The molecular formula is C14H20N2O5S. The van der Waals surface area contributed by atoms with Crippen molar-refractivity contribution in [2.24, 2.45) is 5.92 Å². The Labute approximate surface area is 132 Å². The summed E-state index contributed by atoms with van der Waals surface area (Å²) in [7, 11) is 0. The second-order valence-corrected chi connectivity index (χ2v) is 7.48. The zero-order valence-electron chi connectivity index (χ0n) is 12.2. The van der Waals surface area contributed by atoms with Crippen LogP contribution in [0.15, 0.2) is 10.6 Å². The summed E-state index contributed by atoms with van der Waals surface area (Å²) in [6, 6.07) is -0.180. The van der Waals surface area contributed by atoms with Gasteiger partial charge in [-0.15, -0.1) is 11.8 Å². The van der Waals surface area contributed by atoms with Crippen molar-refractivity contribution in [3.05, 3.63) is 10.6 Å². The van der Waals surface area contributed by atoms with Gasteiger partial charge < -0.3 is 25.5 Å². The maximum absolute atomic E-state index is 12.1. The highest BCUT2D eigenvalue weighted by atomic mass is 32.2. The fourth-order valence-corrected chi connectivity index (χ4v) is 5.02. The number of carbonyl (C=O) groups is 2. The molecule has 3 aliphatic heterocycles. The molecule has 1 amide bonds. The number of hydrogen-bond acceptors (Lipinski definition) is 6. The standard InChI is InChI=1S/C14H20N2O5S/c1-6(18)11-9-3-10(12(14(20)21)16(9)13(11)19)22-8-2-7(5-17)15-4-8/h6-9,11,15,17-18H,2-5H2,1H3,(H,20,21)/t6-,7+,8+,9-,11-/m1/s1. The van der Waals surface area contributed by atoms with Crippen molar-refractivity contribution in [2.75, 3.05) is 13.2 Å². The van der Waals surface area contributed by atoms with E-state index in [1.165, 1.54) is 16.7 Å². The highest BCUT2D eigenvalue weighted by Gasteiger charge is 2.57. The molecule has 122 valence electrons. The van der Waals surface area contributed by atoms with E-state index in [0.29, 0.717) is 17.9 Å². The second-order valence-electron chi connectivity index (χ2n) is 6.09. The van der Waals surface area contributed by atoms with Crippen LogP contribution in [-0.2, 0) is 9.59 Å². The minimum Gasteiger partial charge on any atom is -0.477 e. The van der Waals surface area contributed by atoms with E-state index in [2.05, 4.69) is 5.32 Å². The van der Waals surface area contributed by atoms with Gasteiger partial charge in [-0.05, 0) is 13.3 Å². The molecule has 0 aliphatic carbocycles. The number of aliphatic hydroxyl groups is 2. The largest absolute Gasteiger partial charge is 0.477 e. The van der Waals surface area contributed by atoms with Crippen molar-refractivity contribution >= 4 is 23.6 Å². The third kappa shape index (κ3) is 2.44. The molecule has 0 spiro atoms. The maximum Gasteiger partial charge on any atom is 0.353 e. The molecule has 0 aromatic rings. The van der Waals surface area contributed by atoms with E-state index < -0.39 is 18.0 Å². The van der Waals surface area contributed by atoms with Crippen molar-refractivity contribution in [3.63, 3.8) is 0 Å². The summed E-state index contributed by atoms with van der Waals surface area (Å²) in [4.78, 5) is 25.7. The number of amides is 1. The number of carbonyl (C=O) groups excluding carboxylic acids is 1. The van der Waals surface area contributed by atoms with Crippen LogP contribution < -0.4 is 5.32 Å². The molecule has 4 N–H and O–H groups in total. The normalized spacial score (nSPS) is 35.6. The van der Waals surface area contributed by atoms with Crippen LogP contribution in [0, 0.1) is 5.92 Å². The number of nitrogens with zero attached hydrogens (tertiary/aromatic N) is 1. The van der Waals surface area contributed by atoms with E-state index >= 15 is 0 Å². The highest BCUT2D eigenvalue weighted by Crippen LogP contribution is 2.48. The molecule has 2 saturated heterocycles. The number of carboxylic acids is 1. The predicted octanol–water partition coefficient (Wildman–Crippen LogP) is -0.650. The number of nitrogens with one attached hydrogen (secondary N) is 1. The summed E-state index contributed by atoms with van der Waals surface area (Å²) in [5.74, 6) is -1.89. The SMILES string of the molecule is C[C@@H](O)[C@H]1C(=O)N2C(C(=O)O)=C(S[C@@H]3CN[C@H](CO)C3)C[C@H]12. The van der Waals surface area contributed by atoms with Gasteiger partial charge >= 0.3 is 5.97 Å². The third-order valence-corrected chi connectivity index (χ3v) is 5.94. The van der Waals surface area contributed by atoms with Crippen molar-refractivity contribution in [2.45, 2.75) is 43.2 Å². The summed E-state index contributed by atoms with van der Waals surface area (Å²) >= 11 is 1.48. The van der Waals surface area contributed by atoms with Crippen molar-refractivity contribution in [1.82, 2.24) is 10.2 Å². The van der Waals surface area contributed by atoms with Crippen molar-refractivity contribution in [3.8, 4) is 0 Å². The van der Waals surface area contributed by atoms with Gasteiger partial charge in [0.25, 0.3) is 0 Å². The lowest BCUT2D eigenvalue weighted by atomic mass is 9.83. The number of β-lactam (4-membered cyclic amide) rings is 1. The number of aliphatic carboxylic acids is 1. The summed E-state index contributed by atoms with van der Waals surface area (Å²) < 4.78 is 0. The molecule has 0 aromatic carbocycles. The minimum atomic E-state index is -1.09. The minimum absolute atomic E-state index is 0.0525. The smallest absolute Gasteiger partial charge is 0.353 e. The van der Waals surface area contributed by atoms with Crippen LogP contribution in [-0.4, -0.2) is 68.7 Å². The first-order valence-electron chi connectivity index (χ1n) is 7.42. The molecule has 0 unspecified atom stereocenters. The van der Waals surface area contributed by atoms with Crippen molar-refractivity contribution in [1.29, 1.82) is 0 Å². The van der Waals surface area contributed by atoms with Crippen LogP contribution >= 0.6 is 11.8 Å². The Bertz CT molecular complexity index is 535. The molecule has 3 aliphatic rings. The van der Waals surface area contributed by atoms with Gasteiger partial charge in [-0.3, -0.25) is 4.79 Å². The Morgan fingerprint density at radius 1 is 1.55 bits per heavy atom. The molecule has 8 heteroatoms. The molecule has 3 rings (SSSR count). The van der Waals surface area contributed by atoms with Crippen LogP contribution in [0.5, 0.6) is 0 Å². The molecule has 5 atom stereocenters. The topological polar surface area (TPSA) is 110 Å². The molecule has 0 aromatic heterocycles. The van der Waals surface area contributed by atoms with Crippen LogP contribution in [0.2, 0.25) is 0 Å². The van der Waals surface area contributed by atoms with E-state index in [4.69, 9.17) is 5.11 Å². The quantitative estimate of drug-likeness (QED) is 0.496. The van der Waals surface area contributed by atoms with E-state index in [0.717, 1.165) is 6.42 Å². The molecule has 0 saturated carbocycles. The average molecular weight is 328 g/mol. The number of aliphatic hydroxyl groups excluding tert-OH is 2. The van der Waals surface area contributed by atoms with Crippen LogP contribution in [0.4, 0.5) is 0 Å². The number of fused-ring (bicyclic) bond motifs is 1. The molecule has 3 heterocycles. The number of rotatable bonds is 5. The Morgan fingerprint density at radius 3 is 2.82 bits per heavy atom. The first-order chi connectivity index (χ1) is 10.4. The second kappa shape index (κ2) is 5.84. The number of thioether (sulfide) groups is 1. The number of hydrogen-bond donors (Lipinski definition) is 4.